The summed E-state index contributed by atoms with van der Waals surface area (Å²) < 4.78 is 0. The van der Waals surface area contributed by atoms with Crippen molar-refractivity contribution in [1.29, 1.82) is 0 Å². The molecule has 0 saturated heterocycles. The first-order valence-electron chi connectivity index (χ1n) is 6.03. The lowest BCUT2D eigenvalue weighted by atomic mass is 10.1. The molecule has 3 nitrogen and oxygen atoms in total. The first kappa shape index (κ1) is 14.7. The first-order chi connectivity index (χ1) is 9.54. The topological polar surface area (TPSA) is 49.3 Å². The van der Waals surface area contributed by atoms with E-state index in [1.165, 1.54) is 0 Å². The number of nitrogens with one attached hydrogen (secondary N) is 1. The molecule has 2 rings (SSSR count). The average molecular weight is 310 g/mol. The van der Waals surface area contributed by atoms with Crippen molar-refractivity contribution < 1.29 is 9.90 Å². The molecule has 0 spiro atoms. The molecule has 5 heteroatoms. The molecule has 2 aromatic carbocycles. The molecule has 0 aromatic heterocycles. The Balaban J connectivity index is 1.98. The molecular formula is C15H13Cl2NO2. The highest BCUT2D eigenvalue weighted by Crippen LogP contribution is 2.25. The molecule has 0 aliphatic rings. The highest BCUT2D eigenvalue weighted by Gasteiger charge is 2.02. The second-order valence-electron chi connectivity index (χ2n) is 4.36. The quantitative estimate of drug-likeness (QED) is 0.869. The van der Waals surface area contributed by atoms with Crippen LogP contribution in [0.1, 0.15) is 11.1 Å². The van der Waals surface area contributed by atoms with Gasteiger partial charge in [0.2, 0.25) is 0 Å². The van der Waals surface area contributed by atoms with Gasteiger partial charge in [-0.25, -0.2) is 0 Å². The van der Waals surface area contributed by atoms with Crippen LogP contribution in [-0.4, -0.2) is 11.1 Å². The van der Waals surface area contributed by atoms with E-state index in [1.54, 1.807) is 12.1 Å². The Kier molecular flexibility index (Phi) is 4.88. The molecule has 0 atom stereocenters. The van der Waals surface area contributed by atoms with E-state index in [4.69, 9.17) is 28.3 Å². The Morgan fingerprint density at radius 1 is 1.05 bits per heavy atom. The zero-order valence-corrected chi connectivity index (χ0v) is 12.1. The van der Waals surface area contributed by atoms with Crippen molar-refractivity contribution in [1.82, 2.24) is 0 Å². The van der Waals surface area contributed by atoms with Crippen LogP contribution in [0.25, 0.3) is 0 Å². The molecule has 0 bridgehead atoms. The maximum absolute atomic E-state index is 10.6. The lowest BCUT2D eigenvalue weighted by Gasteiger charge is -2.09. The van der Waals surface area contributed by atoms with Gasteiger partial charge in [0, 0.05) is 11.6 Å². The number of aliphatic carboxylic acids is 1. The van der Waals surface area contributed by atoms with Crippen LogP contribution in [0.2, 0.25) is 10.0 Å². The molecule has 0 saturated carbocycles. The summed E-state index contributed by atoms with van der Waals surface area (Å²) in [4.78, 5) is 10.6. The number of hydrogen-bond donors (Lipinski definition) is 2. The van der Waals surface area contributed by atoms with Crippen LogP contribution in [0.3, 0.4) is 0 Å². The van der Waals surface area contributed by atoms with Gasteiger partial charge in [-0.05, 0) is 29.3 Å². The van der Waals surface area contributed by atoms with Crippen molar-refractivity contribution >= 4 is 34.9 Å². The molecule has 0 unspecified atom stereocenters. The lowest BCUT2D eigenvalue weighted by Crippen LogP contribution is -2.02. The predicted octanol–water partition coefficient (Wildman–Crippen LogP) is 4.23. The minimum atomic E-state index is -0.830. The van der Waals surface area contributed by atoms with Crippen LogP contribution in [-0.2, 0) is 17.8 Å². The highest BCUT2D eigenvalue weighted by atomic mass is 35.5. The smallest absolute Gasteiger partial charge is 0.307 e. The van der Waals surface area contributed by atoms with Crippen LogP contribution in [0, 0.1) is 0 Å². The Bertz CT molecular complexity index is 612. The van der Waals surface area contributed by atoms with Crippen molar-refractivity contribution in [3.8, 4) is 0 Å². The fourth-order valence-corrected chi connectivity index (χ4v) is 2.26. The number of hydrogen-bond acceptors (Lipinski definition) is 2. The zero-order valence-electron chi connectivity index (χ0n) is 10.6. The van der Waals surface area contributed by atoms with Crippen LogP contribution in [0.15, 0.2) is 42.5 Å². The molecule has 0 amide bonds. The molecule has 20 heavy (non-hydrogen) atoms. The number of rotatable bonds is 5. The molecule has 2 N–H and O–H groups in total. The van der Waals surface area contributed by atoms with Gasteiger partial charge >= 0.3 is 5.97 Å². The normalized spacial score (nSPS) is 10.3. The Hall–Kier alpha value is -1.71. The molecule has 0 aliphatic carbocycles. The van der Waals surface area contributed by atoms with Gasteiger partial charge < -0.3 is 10.4 Å². The number of benzene rings is 2. The van der Waals surface area contributed by atoms with Crippen LogP contribution in [0.4, 0.5) is 5.69 Å². The largest absolute Gasteiger partial charge is 0.481 e. The first-order valence-corrected chi connectivity index (χ1v) is 6.79. The minimum absolute atomic E-state index is 0.0384. The Morgan fingerprint density at radius 3 is 2.30 bits per heavy atom. The summed E-state index contributed by atoms with van der Waals surface area (Å²) in [5.74, 6) is -0.830. The van der Waals surface area contributed by atoms with E-state index in [-0.39, 0.29) is 6.42 Å². The monoisotopic (exact) mass is 309 g/mol. The van der Waals surface area contributed by atoms with Crippen molar-refractivity contribution in [2.75, 3.05) is 5.32 Å². The van der Waals surface area contributed by atoms with Crippen molar-refractivity contribution in [3.05, 3.63) is 63.6 Å². The van der Waals surface area contributed by atoms with Crippen molar-refractivity contribution in [3.63, 3.8) is 0 Å². The zero-order chi connectivity index (χ0) is 14.5. The average Bonchev–Trinajstić information content (AvgIpc) is 2.39. The molecule has 104 valence electrons. The summed E-state index contributed by atoms with van der Waals surface area (Å²) in [7, 11) is 0. The Labute approximate surface area is 127 Å². The van der Waals surface area contributed by atoms with Crippen LogP contribution < -0.4 is 5.32 Å². The van der Waals surface area contributed by atoms with Crippen LogP contribution in [0.5, 0.6) is 0 Å². The SMILES string of the molecule is O=C(O)Cc1ccc(CNc2ccc(Cl)cc2Cl)cc1. The molecule has 0 aliphatic heterocycles. The molecule has 0 radical (unpaired) electrons. The minimum Gasteiger partial charge on any atom is -0.481 e. The summed E-state index contributed by atoms with van der Waals surface area (Å²) in [6.07, 6.45) is 0.0384. The van der Waals surface area contributed by atoms with Gasteiger partial charge in [0.1, 0.15) is 0 Å². The van der Waals surface area contributed by atoms with Gasteiger partial charge in [0.15, 0.2) is 0 Å². The van der Waals surface area contributed by atoms with Gasteiger partial charge in [-0.15, -0.1) is 0 Å². The molecule has 0 fully saturated rings. The van der Waals surface area contributed by atoms with E-state index in [0.717, 1.165) is 16.8 Å². The summed E-state index contributed by atoms with van der Waals surface area (Å²) in [6, 6.07) is 12.7. The highest BCUT2D eigenvalue weighted by molar-refractivity contribution is 6.36. The van der Waals surface area contributed by atoms with E-state index in [1.807, 2.05) is 30.3 Å². The Morgan fingerprint density at radius 2 is 1.70 bits per heavy atom. The van der Waals surface area contributed by atoms with Gasteiger partial charge in [-0.1, -0.05) is 47.5 Å². The maximum Gasteiger partial charge on any atom is 0.307 e. The number of carboxylic acid groups (broad SMARTS) is 1. The number of carbonyl (C=O) groups is 1. The standard InChI is InChI=1S/C15H13Cl2NO2/c16-12-5-6-14(13(17)8-12)18-9-11-3-1-10(2-4-11)7-15(19)20/h1-6,8,18H,7,9H2,(H,19,20). The summed E-state index contributed by atoms with van der Waals surface area (Å²) >= 11 is 11.9. The lowest BCUT2D eigenvalue weighted by molar-refractivity contribution is -0.136. The second kappa shape index (κ2) is 6.64. The molecule has 0 heterocycles. The van der Waals surface area contributed by atoms with E-state index in [2.05, 4.69) is 5.32 Å². The third-order valence-corrected chi connectivity index (χ3v) is 3.34. The maximum atomic E-state index is 10.6. The van der Waals surface area contributed by atoms with Gasteiger partial charge in [0.25, 0.3) is 0 Å². The summed E-state index contributed by atoms with van der Waals surface area (Å²) in [5.41, 5.74) is 2.64. The predicted molar refractivity (Wildman–Crippen MR) is 81.6 cm³/mol. The third kappa shape index (κ3) is 4.15. The number of anilines is 1. The van der Waals surface area contributed by atoms with E-state index in [9.17, 15) is 4.79 Å². The van der Waals surface area contributed by atoms with E-state index in [0.29, 0.717) is 16.6 Å². The number of halogens is 2. The second-order valence-corrected chi connectivity index (χ2v) is 5.21. The van der Waals surface area contributed by atoms with Gasteiger partial charge in [-0.3, -0.25) is 4.79 Å². The molecular weight excluding hydrogens is 297 g/mol. The van der Waals surface area contributed by atoms with Crippen LogP contribution >= 0.6 is 23.2 Å². The molecule has 2 aromatic rings. The van der Waals surface area contributed by atoms with Gasteiger partial charge in [-0.2, -0.15) is 0 Å². The fraction of sp³-hybridized carbons (Fsp3) is 0.133. The summed E-state index contributed by atoms with van der Waals surface area (Å²) in [5, 5.41) is 13.1. The summed E-state index contributed by atoms with van der Waals surface area (Å²) in [6.45, 7) is 0.606. The fourth-order valence-electron chi connectivity index (χ4n) is 1.78. The van der Waals surface area contributed by atoms with Crippen molar-refractivity contribution in [2.45, 2.75) is 13.0 Å². The van der Waals surface area contributed by atoms with E-state index >= 15 is 0 Å². The number of carboxylic acids is 1. The third-order valence-electron chi connectivity index (χ3n) is 2.79. The van der Waals surface area contributed by atoms with E-state index < -0.39 is 5.97 Å². The van der Waals surface area contributed by atoms with Gasteiger partial charge in [0.05, 0.1) is 17.1 Å². The van der Waals surface area contributed by atoms with Crippen molar-refractivity contribution in [2.24, 2.45) is 0 Å².